The fourth-order valence-corrected chi connectivity index (χ4v) is 0.464. The first kappa shape index (κ1) is 5.81. The van der Waals surface area contributed by atoms with Crippen molar-refractivity contribution in [3.63, 3.8) is 0 Å². The molecule has 1 aromatic rings. The largest absolute Gasteiger partial charge is 0.364 e. The summed E-state index contributed by atoms with van der Waals surface area (Å²) in [6, 6.07) is 0. The van der Waals surface area contributed by atoms with Gasteiger partial charge >= 0.3 is 0 Å². The van der Waals surface area contributed by atoms with E-state index >= 15 is 0 Å². The van der Waals surface area contributed by atoms with Crippen molar-refractivity contribution in [1.82, 2.24) is 15.4 Å². The molecule has 0 aliphatic heterocycles. The summed E-state index contributed by atoms with van der Waals surface area (Å²) in [6.07, 6.45) is 3.37. The number of rotatable bonds is 3. The SMILES string of the molecule is C=CCNc1cn[nH]n1. The maximum absolute atomic E-state index is 3.76. The minimum atomic E-state index is 0.715. The molecule has 0 amide bonds. The van der Waals surface area contributed by atoms with Gasteiger partial charge in [-0.3, -0.25) is 0 Å². The van der Waals surface area contributed by atoms with Gasteiger partial charge in [-0.25, -0.2) is 0 Å². The molecule has 0 aliphatic rings. The molecule has 0 radical (unpaired) electrons. The van der Waals surface area contributed by atoms with Gasteiger partial charge in [-0.05, 0) is 0 Å². The normalized spacial score (nSPS) is 8.89. The van der Waals surface area contributed by atoms with Crippen molar-refractivity contribution in [1.29, 1.82) is 0 Å². The predicted octanol–water partition coefficient (Wildman–Crippen LogP) is 0.403. The molecule has 0 fully saturated rings. The number of anilines is 1. The summed E-state index contributed by atoms with van der Waals surface area (Å²) in [4.78, 5) is 0. The highest BCUT2D eigenvalue weighted by molar-refractivity contribution is 5.29. The number of aromatic amines is 1. The molecule has 1 heterocycles. The molecule has 0 unspecified atom stereocenters. The van der Waals surface area contributed by atoms with Gasteiger partial charge in [0.15, 0.2) is 5.82 Å². The van der Waals surface area contributed by atoms with Crippen LogP contribution in [-0.2, 0) is 0 Å². The zero-order valence-electron chi connectivity index (χ0n) is 4.96. The van der Waals surface area contributed by atoms with Gasteiger partial charge in [-0.1, -0.05) is 6.08 Å². The van der Waals surface area contributed by atoms with Crippen LogP contribution >= 0.6 is 0 Å². The molecule has 9 heavy (non-hydrogen) atoms. The molecule has 4 heteroatoms. The quantitative estimate of drug-likeness (QED) is 0.573. The second-order valence-corrected chi connectivity index (χ2v) is 1.52. The average Bonchev–Trinajstić information content (AvgIpc) is 2.34. The van der Waals surface area contributed by atoms with Crippen molar-refractivity contribution >= 4 is 5.82 Å². The summed E-state index contributed by atoms with van der Waals surface area (Å²) in [5.74, 6) is 0.745. The van der Waals surface area contributed by atoms with Gasteiger partial charge in [0.2, 0.25) is 0 Å². The molecule has 0 aromatic carbocycles. The van der Waals surface area contributed by atoms with E-state index in [1.165, 1.54) is 0 Å². The lowest BCUT2D eigenvalue weighted by molar-refractivity contribution is 0.940. The zero-order chi connectivity index (χ0) is 6.53. The number of aromatic nitrogens is 3. The lowest BCUT2D eigenvalue weighted by Gasteiger charge is -1.92. The maximum atomic E-state index is 3.76. The Hall–Kier alpha value is -1.32. The molecule has 1 aromatic heterocycles. The van der Waals surface area contributed by atoms with Gasteiger partial charge in [0.25, 0.3) is 0 Å². The van der Waals surface area contributed by atoms with E-state index < -0.39 is 0 Å². The van der Waals surface area contributed by atoms with Crippen LogP contribution in [0.5, 0.6) is 0 Å². The molecule has 0 spiro atoms. The smallest absolute Gasteiger partial charge is 0.168 e. The molecular weight excluding hydrogens is 116 g/mol. The number of H-pyrrole nitrogens is 1. The second-order valence-electron chi connectivity index (χ2n) is 1.52. The lowest BCUT2D eigenvalue weighted by Crippen LogP contribution is -1.97. The summed E-state index contributed by atoms with van der Waals surface area (Å²) in [6.45, 7) is 4.25. The molecule has 0 atom stereocenters. The van der Waals surface area contributed by atoms with Crippen LogP contribution in [0.1, 0.15) is 0 Å². The zero-order valence-corrected chi connectivity index (χ0v) is 4.96. The van der Waals surface area contributed by atoms with E-state index in [0.29, 0.717) is 6.54 Å². The number of nitrogens with one attached hydrogen (secondary N) is 2. The molecule has 0 saturated heterocycles. The predicted molar refractivity (Wildman–Crippen MR) is 35.1 cm³/mol. The van der Waals surface area contributed by atoms with Gasteiger partial charge in [0.05, 0.1) is 6.20 Å². The molecular formula is C5H8N4. The van der Waals surface area contributed by atoms with E-state index in [0.717, 1.165) is 5.82 Å². The van der Waals surface area contributed by atoms with Crippen LogP contribution in [0.2, 0.25) is 0 Å². The lowest BCUT2D eigenvalue weighted by atomic mass is 10.6. The topological polar surface area (TPSA) is 53.6 Å². The molecule has 0 aliphatic carbocycles. The van der Waals surface area contributed by atoms with Crippen LogP contribution in [0.4, 0.5) is 5.82 Å². The van der Waals surface area contributed by atoms with Gasteiger partial charge in [-0.2, -0.15) is 10.3 Å². The van der Waals surface area contributed by atoms with Gasteiger partial charge in [0, 0.05) is 6.54 Å². The van der Waals surface area contributed by atoms with E-state index in [-0.39, 0.29) is 0 Å². The van der Waals surface area contributed by atoms with E-state index in [9.17, 15) is 0 Å². The number of hydrogen-bond donors (Lipinski definition) is 2. The fourth-order valence-electron chi connectivity index (χ4n) is 0.464. The van der Waals surface area contributed by atoms with Crippen molar-refractivity contribution in [2.45, 2.75) is 0 Å². The van der Waals surface area contributed by atoms with Crippen LogP contribution in [0.3, 0.4) is 0 Å². The third kappa shape index (κ3) is 1.56. The first-order chi connectivity index (χ1) is 4.43. The van der Waals surface area contributed by atoms with E-state index in [1.807, 2.05) is 0 Å². The second kappa shape index (κ2) is 2.86. The highest BCUT2D eigenvalue weighted by Gasteiger charge is 1.87. The van der Waals surface area contributed by atoms with Crippen LogP contribution in [0.25, 0.3) is 0 Å². The molecule has 1 rings (SSSR count). The minimum absolute atomic E-state index is 0.715. The first-order valence-corrected chi connectivity index (χ1v) is 2.64. The number of nitrogens with zero attached hydrogens (tertiary/aromatic N) is 2. The van der Waals surface area contributed by atoms with Gasteiger partial charge in [-0.15, -0.1) is 11.7 Å². The van der Waals surface area contributed by atoms with Crippen LogP contribution in [-0.4, -0.2) is 22.0 Å². The molecule has 4 nitrogen and oxygen atoms in total. The van der Waals surface area contributed by atoms with Crippen molar-refractivity contribution in [3.05, 3.63) is 18.9 Å². The maximum Gasteiger partial charge on any atom is 0.168 e. The third-order valence-corrected chi connectivity index (χ3v) is 0.843. The molecule has 0 bridgehead atoms. The Morgan fingerprint density at radius 3 is 3.33 bits per heavy atom. The van der Waals surface area contributed by atoms with Crippen molar-refractivity contribution < 1.29 is 0 Å². The highest BCUT2D eigenvalue weighted by Crippen LogP contribution is 1.92. The van der Waals surface area contributed by atoms with Crippen LogP contribution in [0.15, 0.2) is 18.9 Å². The molecule has 48 valence electrons. The van der Waals surface area contributed by atoms with E-state index in [4.69, 9.17) is 0 Å². The Kier molecular flexibility index (Phi) is 1.85. The van der Waals surface area contributed by atoms with Gasteiger partial charge in [0.1, 0.15) is 0 Å². The van der Waals surface area contributed by atoms with E-state index in [1.54, 1.807) is 12.3 Å². The van der Waals surface area contributed by atoms with Crippen molar-refractivity contribution in [2.75, 3.05) is 11.9 Å². The Morgan fingerprint density at radius 2 is 2.78 bits per heavy atom. The van der Waals surface area contributed by atoms with Crippen molar-refractivity contribution in [2.24, 2.45) is 0 Å². The summed E-state index contributed by atoms with van der Waals surface area (Å²) in [5, 5.41) is 12.8. The van der Waals surface area contributed by atoms with Crippen LogP contribution < -0.4 is 5.32 Å². The summed E-state index contributed by atoms with van der Waals surface area (Å²) < 4.78 is 0. The number of hydrogen-bond acceptors (Lipinski definition) is 3. The monoisotopic (exact) mass is 124 g/mol. The summed E-state index contributed by atoms with van der Waals surface area (Å²) in [5.41, 5.74) is 0. The van der Waals surface area contributed by atoms with Crippen molar-refractivity contribution in [3.8, 4) is 0 Å². The Bertz CT molecular complexity index is 167. The molecule has 0 saturated carbocycles. The highest BCUT2D eigenvalue weighted by atomic mass is 15.3. The Labute approximate surface area is 53.0 Å². The van der Waals surface area contributed by atoms with Gasteiger partial charge < -0.3 is 5.32 Å². The summed E-state index contributed by atoms with van der Waals surface area (Å²) in [7, 11) is 0. The summed E-state index contributed by atoms with van der Waals surface area (Å²) >= 11 is 0. The first-order valence-electron chi connectivity index (χ1n) is 2.64. The third-order valence-electron chi connectivity index (χ3n) is 0.843. The Morgan fingerprint density at radius 1 is 1.89 bits per heavy atom. The fraction of sp³-hybridized carbons (Fsp3) is 0.200. The van der Waals surface area contributed by atoms with E-state index in [2.05, 4.69) is 27.3 Å². The minimum Gasteiger partial charge on any atom is -0.364 e. The Balaban J connectivity index is 2.38. The van der Waals surface area contributed by atoms with Crippen LogP contribution in [0, 0.1) is 0 Å². The molecule has 2 N–H and O–H groups in total. The average molecular weight is 124 g/mol. The standard InChI is InChI=1S/C5H8N4/c1-2-3-6-5-4-7-9-8-5/h2,4H,1,3H2,(H2,6,7,8,9).